The molecular formula is C28H37N3O. The first-order valence-electron chi connectivity index (χ1n) is 12.0. The molecule has 4 heteroatoms. The largest absolute Gasteiger partial charge is 0.345 e. The molecule has 2 aliphatic heterocycles. The van der Waals surface area contributed by atoms with Crippen molar-refractivity contribution < 1.29 is 4.79 Å². The monoisotopic (exact) mass is 431 g/mol. The Kier molecular flexibility index (Phi) is 7.12. The molecule has 4 nitrogen and oxygen atoms in total. The quantitative estimate of drug-likeness (QED) is 0.609. The lowest BCUT2D eigenvalue weighted by molar-refractivity contribution is 0.0563. The van der Waals surface area contributed by atoms with Gasteiger partial charge in [0.2, 0.25) is 0 Å². The lowest BCUT2D eigenvalue weighted by atomic mass is 9.87. The number of rotatable bonds is 6. The molecule has 2 aliphatic rings. The van der Waals surface area contributed by atoms with E-state index in [1.165, 1.54) is 42.4 Å². The highest BCUT2D eigenvalue weighted by molar-refractivity contribution is 5.93. The lowest BCUT2D eigenvalue weighted by Crippen LogP contribution is -2.50. The Bertz CT molecular complexity index is 936. The van der Waals surface area contributed by atoms with Gasteiger partial charge in [0.05, 0.1) is 6.04 Å². The molecule has 170 valence electrons. The van der Waals surface area contributed by atoms with E-state index >= 15 is 0 Å². The zero-order valence-electron chi connectivity index (χ0n) is 19.8. The summed E-state index contributed by atoms with van der Waals surface area (Å²) in [5, 5.41) is 0. The van der Waals surface area contributed by atoms with Gasteiger partial charge in [-0.1, -0.05) is 54.5 Å². The maximum absolute atomic E-state index is 12.4. The van der Waals surface area contributed by atoms with E-state index in [-0.39, 0.29) is 11.9 Å². The minimum atomic E-state index is 0.0513. The number of aryl methyl sites for hydroxylation is 1. The van der Waals surface area contributed by atoms with Crippen LogP contribution in [0.2, 0.25) is 0 Å². The summed E-state index contributed by atoms with van der Waals surface area (Å²) in [6, 6.07) is 18.6. The molecular weight excluding hydrogens is 394 g/mol. The molecule has 3 unspecified atom stereocenters. The zero-order chi connectivity index (χ0) is 22.7. The van der Waals surface area contributed by atoms with Crippen LogP contribution in [0.1, 0.15) is 58.8 Å². The van der Waals surface area contributed by atoms with Crippen molar-refractivity contribution in [2.75, 3.05) is 33.7 Å². The molecule has 0 aliphatic carbocycles. The molecule has 0 radical (unpaired) electrons. The van der Waals surface area contributed by atoms with Crippen LogP contribution in [-0.4, -0.2) is 66.4 Å². The number of carbonyl (C=O) groups is 1. The van der Waals surface area contributed by atoms with Crippen molar-refractivity contribution in [3.8, 4) is 0 Å². The topological polar surface area (TPSA) is 26.8 Å². The fourth-order valence-electron chi connectivity index (χ4n) is 5.60. The van der Waals surface area contributed by atoms with Crippen molar-refractivity contribution in [2.45, 2.75) is 50.7 Å². The Morgan fingerprint density at radius 1 is 1.09 bits per heavy atom. The molecule has 2 heterocycles. The number of benzene rings is 2. The van der Waals surface area contributed by atoms with Crippen LogP contribution in [0.25, 0.3) is 0 Å². The maximum Gasteiger partial charge on any atom is 0.253 e. The third kappa shape index (κ3) is 4.82. The van der Waals surface area contributed by atoms with Crippen molar-refractivity contribution in [1.29, 1.82) is 0 Å². The van der Waals surface area contributed by atoms with Crippen LogP contribution in [-0.2, 0) is 0 Å². The van der Waals surface area contributed by atoms with Crippen LogP contribution >= 0.6 is 0 Å². The fourth-order valence-corrected chi connectivity index (χ4v) is 5.60. The molecule has 0 N–H and O–H groups in total. The smallest absolute Gasteiger partial charge is 0.253 e. The minimum absolute atomic E-state index is 0.0513. The van der Waals surface area contributed by atoms with Crippen molar-refractivity contribution in [3.05, 3.63) is 83.4 Å². The Hall–Kier alpha value is -2.43. The van der Waals surface area contributed by atoms with Crippen molar-refractivity contribution in [3.63, 3.8) is 0 Å². The van der Waals surface area contributed by atoms with E-state index in [1.807, 2.05) is 18.2 Å². The highest BCUT2D eigenvalue weighted by atomic mass is 16.2. The second-order valence-corrected chi connectivity index (χ2v) is 9.66. The normalized spacial score (nSPS) is 22.7. The van der Waals surface area contributed by atoms with E-state index in [2.05, 4.69) is 59.7 Å². The number of piperidine rings is 1. The SMILES string of the molecule is C=CCN1CCC2CCCC(C1)N2C(c1ccc(C(=O)N(C)C)cc1)c1cccc(C)c1. The van der Waals surface area contributed by atoms with E-state index < -0.39 is 0 Å². The van der Waals surface area contributed by atoms with Gasteiger partial charge in [-0.05, 0) is 49.4 Å². The molecule has 3 atom stereocenters. The summed E-state index contributed by atoms with van der Waals surface area (Å²) in [7, 11) is 3.61. The van der Waals surface area contributed by atoms with Crippen LogP contribution in [0, 0.1) is 6.92 Å². The second-order valence-electron chi connectivity index (χ2n) is 9.66. The Morgan fingerprint density at radius 2 is 1.84 bits per heavy atom. The van der Waals surface area contributed by atoms with Crippen LogP contribution < -0.4 is 0 Å². The summed E-state index contributed by atoms with van der Waals surface area (Å²) < 4.78 is 0. The molecule has 2 bridgehead atoms. The number of nitrogens with zero attached hydrogens (tertiary/aromatic N) is 3. The fraction of sp³-hybridized carbons (Fsp3) is 0.464. The summed E-state index contributed by atoms with van der Waals surface area (Å²) in [4.78, 5) is 19.5. The standard InChI is InChI=1S/C28H37N3O/c1-5-17-30-18-16-25-10-7-11-26(20-30)31(25)27(24-9-6-8-21(2)19-24)22-12-14-23(15-13-22)28(32)29(3)4/h5-6,8-9,12-15,19,25-27H,1,7,10-11,16-18,20H2,2-4H3. The molecule has 32 heavy (non-hydrogen) atoms. The predicted octanol–water partition coefficient (Wildman–Crippen LogP) is 4.90. The van der Waals surface area contributed by atoms with Crippen LogP contribution in [0.3, 0.4) is 0 Å². The highest BCUT2D eigenvalue weighted by Gasteiger charge is 2.39. The van der Waals surface area contributed by atoms with Crippen molar-refractivity contribution in [1.82, 2.24) is 14.7 Å². The van der Waals surface area contributed by atoms with E-state index in [9.17, 15) is 4.79 Å². The van der Waals surface area contributed by atoms with Gasteiger partial charge in [-0.25, -0.2) is 0 Å². The van der Waals surface area contributed by atoms with Gasteiger partial charge in [-0.3, -0.25) is 14.6 Å². The van der Waals surface area contributed by atoms with Gasteiger partial charge in [-0.15, -0.1) is 6.58 Å². The summed E-state index contributed by atoms with van der Waals surface area (Å²) in [6.07, 6.45) is 7.05. The van der Waals surface area contributed by atoms with Gasteiger partial charge in [0.25, 0.3) is 5.91 Å². The number of hydrogen-bond donors (Lipinski definition) is 0. The molecule has 0 spiro atoms. The molecule has 0 aromatic heterocycles. The van der Waals surface area contributed by atoms with Crippen molar-refractivity contribution in [2.24, 2.45) is 0 Å². The van der Waals surface area contributed by atoms with E-state index in [0.29, 0.717) is 12.1 Å². The van der Waals surface area contributed by atoms with Crippen molar-refractivity contribution >= 4 is 5.91 Å². The minimum Gasteiger partial charge on any atom is -0.345 e. The van der Waals surface area contributed by atoms with Gasteiger partial charge in [-0.2, -0.15) is 0 Å². The van der Waals surface area contributed by atoms with Gasteiger partial charge in [0.15, 0.2) is 0 Å². The second kappa shape index (κ2) is 10.0. The highest BCUT2D eigenvalue weighted by Crippen LogP contribution is 2.40. The molecule has 0 saturated carbocycles. The number of carbonyl (C=O) groups excluding carboxylic acids is 1. The first kappa shape index (κ1) is 22.8. The van der Waals surface area contributed by atoms with E-state index in [1.54, 1.807) is 19.0 Å². The van der Waals surface area contributed by atoms with Crippen LogP contribution in [0.15, 0.2) is 61.2 Å². The lowest BCUT2D eigenvalue weighted by Gasteiger charge is -2.46. The average Bonchev–Trinajstić information content (AvgIpc) is 2.87. The first-order chi connectivity index (χ1) is 15.5. The Labute approximate surface area is 193 Å². The summed E-state index contributed by atoms with van der Waals surface area (Å²) >= 11 is 0. The van der Waals surface area contributed by atoms with Crippen LogP contribution in [0.4, 0.5) is 0 Å². The van der Waals surface area contributed by atoms with E-state index in [0.717, 1.165) is 25.2 Å². The third-order valence-corrected chi connectivity index (χ3v) is 7.09. The molecule has 2 aromatic rings. The third-order valence-electron chi connectivity index (χ3n) is 7.09. The van der Waals surface area contributed by atoms with E-state index in [4.69, 9.17) is 0 Å². The Morgan fingerprint density at radius 3 is 2.53 bits per heavy atom. The Balaban J connectivity index is 1.74. The van der Waals surface area contributed by atoms with Gasteiger partial charge < -0.3 is 4.90 Å². The molecule has 2 fully saturated rings. The molecule has 2 aromatic carbocycles. The van der Waals surface area contributed by atoms with Crippen LogP contribution in [0.5, 0.6) is 0 Å². The number of hydrogen-bond acceptors (Lipinski definition) is 3. The molecule has 1 amide bonds. The maximum atomic E-state index is 12.4. The van der Waals surface area contributed by atoms with Gasteiger partial charge in [0.1, 0.15) is 0 Å². The number of amides is 1. The molecule has 4 rings (SSSR count). The summed E-state index contributed by atoms with van der Waals surface area (Å²) in [5.41, 5.74) is 4.67. The predicted molar refractivity (Wildman–Crippen MR) is 132 cm³/mol. The molecule has 2 saturated heterocycles. The summed E-state index contributed by atoms with van der Waals surface area (Å²) in [5.74, 6) is 0.0513. The summed E-state index contributed by atoms with van der Waals surface area (Å²) in [6.45, 7) is 9.36. The zero-order valence-corrected chi connectivity index (χ0v) is 19.8. The average molecular weight is 432 g/mol. The van der Waals surface area contributed by atoms with Gasteiger partial charge in [0, 0.05) is 51.4 Å². The number of fused-ring (bicyclic) bond motifs is 2. The first-order valence-corrected chi connectivity index (χ1v) is 12.0. The van der Waals surface area contributed by atoms with Gasteiger partial charge >= 0.3 is 0 Å².